The SMILES string of the molecule is COc1ccc(C)cc1NC(=O)CN1CCNCC1C#N. The molecule has 1 aromatic rings. The average molecular weight is 288 g/mol. The number of anilines is 1. The first-order chi connectivity index (χ1) is 10.1. The molecule has 1 unspecified atom stereocenters. The molecule has 1 heterocycles. The Labute approximate surface area is 124 Å². The van der Waals surface area contributed by atoms with E-state index in [0.29, 0.717) is 24.5 Å². The average Bonchev–Trinajstić information content (AvgIpc) is 2.48. The normalized spacial score (nSPS) is 18.8. The lowest BCUT2D eigenvalue weighted by molar-refractivity contribution is -0.117. The summed E-state index contributed by atoms with van der Waals surface area (Å²) in [7, 11) is 1.57. The number of hydrogen-bond acceptors (Lipinski definition) is 5. The Morgan fingerprint density at radius 1 is 1.62 bits per heavy atom. The molecule has 0 spiro atoms. The second kappa shape index (κ2) is 7.07. The summed E-state index contributed by atoms with van der Waals surface area (Å²) in [6.07, 6.45) is 0. The molecule has 2 N–H and O–H groups in total. The predicted octanol–water partition coefficient (Wildman–Crippen LogP) is 0.739. The molecular weight excluding hydrogens is 268 g/mol. The maximum Gasteiger partial charge on any atom is 0.238 e. The van der Waals surface area contributed by atoms with Crippen molar-refractivity contribution in [2.75, 3.05) is 38.6 Å². The fraction of sp³-hybridized carbons (Fsp3) is 0.467. The van der Waals surface area contributed by atoms with E-state index in [4.69, 9.17) is 10.00 Å². The highest BCUT2D eigenvalue weighted by Crippen LogP contribution is 2.25. The van der Waals surface area contributed by atoms with Crippen molar-refractivity contribution in [2.45, 2.75) is 13.0 Å². The Balaban J connectivity index is 2.01. The molecule has 1 aromatic carbocycles. The number of carbonyl (C=O) groups is 1. The fourth-order valence-corrected chi connectivity index (χ4v) is 2.36. The van der Waals surface area contributed by atoms with Crippen molar-refractivity contribution in [3.8, 4) is 11.8 Å². The third-order valence-electron chi connectivity index (χ3n) is 3.48. The molecule has 1 fully saturated rings. The molecule has 1 amide bonds. The first kappa shape index (κ1) is 15.3. The summed E-state index contributed by atoms with van der Waals surface area (Å²) in [5.74, 6) is 0.493. The monoisotopic (exact) mass is 288 g/mol. The summed E-state index contributed by atoms with van der Waals surface area (Å²) >= 11 is 0. The van der Waals surface area contributed by atoms with Crippen molar-refractivity contribution < 1.29 is 9.53 Å². The van der Waals surface area contributed by atoms with Crippen LogP contribution in [0.2, 0.25) is 0 Å². The van der Waals surface area contributed by atoms with Gasteiger partial charge in [-0.15, -0.1) is 0 Å². The molecule has 2 rings (SSSR count). The number of rotatable bonds is 4. The summed E-state index contributed by atoms with van der Waals surface area (Å²) in [6, 6.07) is 7.58. The quantitative estimate of drug-likeness (QED) is 0.854. The predicted molar refractivity (Wildman–Crippen MR) is 80.2 cm³/mol. The molecule has 1 aliphatic heterocycles. The number of nitrogens with zero attached hydrogens (tertiary/aromatic N) is 2. The number of piperazine rings is 1. The van der Waals surface area contributed by atoms with E-state index in [2.05, 4.69) is 16.7 Å². The molecule has 112 valence electrons. The smallest absolute Gasteiger partial charge is 0.238 e. The van der Waals surface area contributed by atoms with Gasteiger partial charge in [0.15, 0.2) is 0 Å². The highest BCUT2D eigenvalue weighted by atomic mass is 16.5. The molecule has 1 aliphatic rings. The molecule has 0 bridgehead atoms. The number of nitrogens with one attached hydrogen (secondary N) is 2. The largest absolute Gasteiger partial charge is 0.495 e. The first-order valence-electron chi connectivity index (χ1n) is 6.93. The third-order valence-corrected chi connectivity index (χ3v) is 3.48. The van der Waals surface area contributed by atoms with Crippen LogP contribution in [0.5, 0.6) is 5.75 Å². The topological polar surface area (TPSA) is 77.4 Å². The van der Waals surface area contributed by atoms with E-state index >= 15 is 0 Å². The first-order valence-corrected chi connectivity index (χ1v) is 6.93. The minimum absolute atomic E-state index is 0.138. The van der Waals surface area contributed by atoms with E-state index in [1.54, 1.807) is 7.11 Å². The van der Waals surface area contributed by atoms with Crippen molar-refractivity contribution in [2.24, 2.45) is 0 Å². The van der Waals surface area contributed by atoms with Crippen LogP contribution >= 0.6 is 0 Å². The number of hydrogen-bond donors (Lipinski definition) is 2. The number of ether oxygens (including phenoxy) is 1. The molecule has 6 heteroatoms. The van der Waals surface area contributed by atoms with Gasteiger partial charge in [-0.1, -0.05) is 6.07 Å². The number of carbonyl (C=O) groups excluding carboxylic acids is 1. The van der Waals surface area contributed by atoms with Gasteiger partial charge in [-0.05, 0) is 24.6 Å². The van der Waals surface area contributed by atoms with E-state index in [1.165, 1.54) is 0 Å². The van der Waals surface area contributed by atoms with Crippen LogP contribution in [0.1, 0.15) is 5.56 Å². The third kappa shape index (κ3) is 3.94. The Bertz CT molecular complexity index is 553. The van der Waals surface area contributed by atoms with Crippen molar-refractivity contribution in [3.05, 3.63) is 23.8 Å². The number of aryl methyl sites for hydroxylation is 1. The Hall–Kier alpha value is -2.10. The van der Waals surface area contributed by atoms with E-state index < -0.39 is 0 Å². The van der Waals surface area contributed by atoms with E-state index in [1.807, 2.05) is 30.0 Å². The zero-order valence-corrected chi connectivity index (χ0v) is 12.3. The molecular formula is C15H20N4O2. The van der Waals surface area contributed by atoms with Crippen LogP contribution < -0.4 is 15.4 Å². The zero-order chi connectivity index (χ0) is 15.2. The molecule has 0 aliphatic carbocycles. The Kier molecular flexibility index (Phi) is 5.14. The van der Waals surface area contributed by atoms with Gasteiger partial charge in [-0.2, -0.15) is 5.26 Å². The van der Waals surface area contributed by atoms with E-state index in [-0.39, 0.29) is 18.5 Å². The molecule has 6 nitrogen and oxygen atoms in total. The van der Waals surface area contributed by atoms with Gasteiger partial charge in [0.2, 0.25) is 5.91 Å². The van der Waals surface area contributed by atoms with Gasteiger partial charge < -0.3 is 15.4 Å². The highest BCUT2D eigenvalue weighted by molar-refractivity contribution is 5.93. The lowest BCUT2D eigenvalue weighted by atomic mass is 10.2. The van der Waals surface area contributed by atoms with Gasteiger partial charge in [0, 0.05) is 19.6 Å². The summed E-state index contributed by atoms with van der Waals surface area (Å²) in [5, 5.41) is 15.1. The highest BCUT2D eigenvalue weighted by Gasteiger charge is 2.23. The summed E-state index contributed by atoms with van der Waals surface area (Å²) in [5.41, 5.74) is 1.70. The number of nitriles is 1. The summed E-state index contributed by atoms with van der Waals surface area (Å²) in [6.45, 7) is 4.24. The van der Waals surface area contributed by atoms with Crippen LogP contribution in [-0.2, 0) is 4.79 Å². The maximum absolute atomic E-state index is 12.2. The second-order valence-corrected chi connectivity index (χ2v) is 5.07. The van der Waals surface area contributed by atoms with E-state index in [9.17, 15) is 4.79 Å². The van der Waals surface area contributed by atoms with Crippen LogP contribution in [0, 0.1) is 18.3 Å². The van der Waals surface area contributed by atoms with Gasteiger partial charge in [-0.3, -0.25) is 9.69 Å². The summed E-state index contributed by atoms with van der Waals surface area (Å²) < 4.78 is 5.24. The molecule has 0 saturated carbocycles. The second-order valence-electron chi connectivity index (χ2n) is 5.07. The fourth-order valence-electron chi connectivity index (χ4n) is 2.36. The van der Waals surface area contributed by atoms with Gasteiger partial charge in [0.1, 0.15) is 11.8 Å². The van der Waals surface area contributed by atoms with Crippen LogP contribution in [0.15, 0.2) is 18.2 Å². The van der Waals surface area contributed by atoms with Crippen molar-refractivity contribution in [3.63, 3.8) is 0 Å². The molecule has 1 atom stereocenters. The molecule has 0 aromatic heterocycles. The summed E-state index contributed by atoms with van der Waals surface area (Å²) in [4.78, 5) is 14.1. The number of benzene rings is 1. The van der Waals surface area contributed by atoms with Crippen LogP contribution in [0.25, 0.3) is 0 Å². The minimum atomic E-state index is -0.260. The number of methoxy groups -OCH3 is 1. The van der Waals surface area contributed by atoms with Gasteiger partial charge in [-0.25, -0.2) is 0 Å². The number of amides is 1. The lowest BCUT2D eigenvalue weighted by Crippen LogP contribution is -2.52. The van der Waals surface area contributed by atoms with Gasteiger partial charge in [0.05, 0.1) is 25.4 Å². The standard InChI is InChI=1S/C15H20N4O2/c1-11-3-4-14(21-2)13(7-11)18-15(20)10-19-6-5-17-9-12(19)8-16/h3-4,7,12,17H,5-6,9-10H2,1-2H3,(H,18,20). The van der Waals surface area contributed by atoms with Crippen molar-refractivity contribution >= 4 is 11.6 Å². The molecule has 21 heavy (non-hydrogen) atoms. The van der Waals surface area contributed by atoms with E-state index in [0.717, 1.165) is 12.1 Å². The van der Waals surface area contributed by atoms with Gasteiger partial charge >= 0.3 is 0 Å². The maximum atomic E-state index is 12.2. The lowest BCUT2D eigenvalue weighted by Gasteiger charge is -2.31. The Morgan fingerprint density at radius 2 is 2.43 bits per heavy atom. The Morgan fingerprint density at radius 3 is 3.14 bits per heavy atom. The zero-order valence-electron chi connectivity index (χ0n) is 12.3. The van der Waals surface area contributed by atoms with Gasteiger partial charge in [0.25, 0.3) is 0 Å². The minimum Gasteiger partial charge on any atom is -0.495 e. The van der Waals surface area contributed by atoms with Crippen LogP contribution in [0.4, 0.5) is 5.69 Å². The molecule has 0 radical (unpaired) electrons. The van der Waals surface area contributed by atoms with Crippen LogP contribution in [0.3, 0.4) is 0 Å². The van der Waals surface area contributed by atoms with Crippen LogP contribution in [-0.4, -0.2) is 50.1 Å². The van der Waals surface area contributed by atoms with Crippen molar-refractivity contribution in [1.82, 2.24) is 10.2 Å². The molecule has 1 saturated heterocycles. The van der Waals surface area contributed by atoms with Crippen molar-refractivity contribution in [1.29, 1.82) is 5.26 Å².